The summed E-state index contributed by atoms with van der Waals surface area (Å²) in [6.45, 7) is 5.65. The molecule has 0 aliphatic heterocycles. The number of hydrogen-bond donors (Lipinski definition) is 1. The zero-order chi connectivity index (χ0) is 17.3. The highest BCUT2D eigenvalue weighted by atomic mass is 31.2. The van der Waals surface area contributed by atoms with Gasteiger partial charge in [0.15, 0.2) is 11.5 Å². The van der Waals surface area contributed by atoms with Crippen LogP contribution in [-0.4, -0.2) is 38.4 Å². The molecule has 0 saturated carbocycles. The third kappa shape index (κ3) is 2.82. The summed E-state index contributed by atoms with van der Waals surface area (Å²) in [5, 5.41) is 23.1. The second kappa shape index (κ2) is 6.57. The molecule has 1 N–H and O–H groups in total. The van der Waals surface area contributed by atoms with Gasteiger partial charge in [0.1, 0.15) is 0 Å². The van der Waals surface area contributed by atoms with Gasteiger partial charge in [-0.3, -0.25) is 4.57 Å². The molecule has 0 bridgehead atoms. The van der Waals surface area contributed by atoms with Crippen molar-refractivity contribution >= 4 is 24.1 Å². The third-order valence-electron chi connectivity index (χ3n) is 3.65. The van der Waals surface area contributed by atoms with Crippen LogP contribution in [0.5, 0.6) is 0 Å². The Kier molecular flexibility index (Phi) is 4.64. The minimum Gasteiger partial charge on any atom is -0.376 e. The van der Waals surface area contributed by atoms with E-state index >= 15 is 0 Å². The Bertz CT molecular complexity index is 916. The maximum Gasteiger partial charge on any atom is 0.363 e. The monoisotopic (exact) mass is 350 g/mol. The number of aromatic nitrogens is 4. The molecule has 1 aromatic carbocycles. The molecule has 0 aliphatic carbocycles. The molecule has 0 radical (unpaired) electrons. The van der Waals surface area contributed by atoms with E-state index in [1.165, 1.54) is 4.52 Å². The lowest BCUT2D eigenvalue weighted by Gasteiger charge is -2.22. The van der Waals surface area contributed by atoms with E-state index in [1.807, 2.05) is 25.1 Å². The molecule has 9 heteroatoms. The first kappa shape index (κ1) is 17.0. The molecule has 0 aliphatic rings. The summed E-state index contributed by atoms with van der Waals surface area (Å²) in [4.78, 5) is 0. The van der Waals surface area contributed by atoms with Crippen LogP contribution < -0.4 is 0 Å². The normalized spacial score (nSPS) is 13.7. The lowest BCUT2D eigenvalue weighted by atomic mass is 10.1. The van der Waals surface area contributed by atoms with Crippen LogP contribution in [0.4, 0.5) is 0 Å². The number of tetrazole rings is 1. The number of nitrogens with zero attached hydrogens (tertiary/aromatic N) is 4. The lowest BCUT2D eigenvalue weighted by molar-refractivity contribution is 0.150. The molecule has 128 valence electrons. The van der Waals surface area contributed by atoms with Crippen LogP contribution in [0.3, 0.4) is 0 Å². The number of rotatable bonds is 6. The number of pyridine rings is 1. The molecule has 0 saturated heterocycles. The average molecular weight is 350 g/mol. The molecule has 2 heterocycles. The lowest BCUT2D eigenvalue weighted by Crippen LogP contribution is -2.08. The SMILES string of the molecule is CCOP(=O)(OCC)C(O)c1cc2cc(C)ccc2n2nnnc12. The first-order valence-corrected chi connectivity index (χ1v) is 9.29. The van der Waals surface area contributed by atoms with Crippen molar-refractivity contribution in [3.8, 4) is 0 Å². The Balaban J connectivity index is 2.23. The standard InChI is InChI=1S/C15H19N4O4P/c1-4-22-24(21,23-5-2)15(20)12-9-11-8-10(3)6-7-13(11)19-14(12)16-17-18-19/h6-9,15,20H,4-5H2,1-3H3. The number of hydrogen-bond acceptors (Lipinski definition) is 7. The van der Waals surface area contributed by atoms with Crippen molar-refractivity contribution in [3.63, 3.8) is 0 Å². The van der Waals surface area contributed by atoms with Crippen molar-refractivity contribution < 1.29 is 18.7 Å². The molecule has 0 amide bonds. The Morgan fingerprint density at radius 1 is 1.25 bits per heavy atom. The fourth-order valence-electron chi connectivity index (χ4n) is 2.64. The maximum atomic E-state index is 12.9. The Morgan fingerprint density at radius 3 is 2.62 bits per heavy atom. The predicted molar refractivity (Wildman–Crippen MR) is 88.8 cm³/mol. The van der Waals surface area contributed by atoms with Gasteiger partial charge < -0.3 is 14.2 Å². The van der Waals surface area contributed by atoms with Gasteiger partial charge in [0.05, 0.1) is 18.7 Å². The van der Waals surface area contributed by atoms with Crippen LogP contribution in [0.2, 0.25) is 0 Å². The molecule has 1 atom stereocenters. The first-order valence-electron chi connectivity index (χ1n) is 7.68. The Hall–Kier alpha value is -1.86. The van der Waals surface area contributed by atoms with E-state index in [4.69, 9.17) is 9.05 Å². The first-order chi connectivity index (χ1) is 11.5. The molecule has 2 aromatic heterocycles. The van der Waals surface area contributed by atoms with Gasteiger partial charge in [-0.2, -0.15) is 4.52 Å². The Morgan fingerprint density at radius 2 is 1.96 bits per heavy atom. The summed E-state index contributed by atoms with van der Waals surface area (Å²) < 4.78 is 24.9. The molecule has 0 spiro atoms. The summed E-state index contributed by atoms with van der Waals surface area (Å²) in [5.74, 6) is -1.48. The van der Waals surface area contributed by atoms with Crippen molar-refractivity contribution in [3.05, 3.63) is 35.4 Å². The van der Waals surface area contributed by atoms with E-state index in [9.17, 15) is 9.67 Å². The predicted octanol–water partition coefficient (Wildman–Crippen LogP) is 2.84. The topological polar surface area (TPSA) is 98.8 Å². The van der Waals surface area contributed by atoms with E-state index in [0.29, 0.717) is 11.2 Å². The number of benzene rings is 1. The highest BCUT2D eigenvalue weighted by molar-refractivity contribution is 7.54. The minimum absolute atomic E-state index is 0.155. The van der Waals surface area contributed by atoms with Crippen LogP contribution in [0, 0.1) is 6.92 Å². The largest absolute Gasteiger partial charge is 0.376 e. The zero-order valence-electron chi connectivity index (χ0n) is 13.7. The molecule has 24 heavy (non-hydrogen) atoms. The smallest absolute Gasteiger partial charge is 0.363 e. The van der Waals surface area contributed by atoms with Crippen molar-refractivity contribution in [2.24, 2.45) is 0 Å². The van der Waals surface area contributed by atoms with Gasteiger partial charge in [0.2, 0.25) is 0 Å². The van der Waals surface area contributed by atoms with Crippen LogP contribution in [0.25, 0.3) is 16.6 Å². The quantitative estimate of drug-likeness (QED) is 0.682. The van der Waals surface area contributed by atoms with Crippen molar-refractivity contribution in [2.45, 2.75) is 26.6 Å². The molecular formula is C15H19N4O4P. The summed E-state index contributed by atoms with van der Waals surface area (Å²) in [6, 6.07) is 7.52. The van der Waals surface area contributed by atoms with Gasteiger partial charge >= 0.3 is 7.60 Å². The third-order valence-corrected chi connectivity index (χ3v) is 5.76. The van der Waals surface area contributed by atoms with Crippen LogP contribution in [-0.2, 0) is 13.6 Å². The average Bonchev–Trinajstić information content (AvgIpc) is 3.03. The number of fused-ring (bicyclic) bond motifs is 3. The number of aryl methyl sites for hydroxylation is 1. The van der Waals surface area contributed by atoms with E-state index in [0.717, 1.165) is 16.5 Å². The van der Waals surface area contributed by atoms with Crippen molar-refractivity contribution in [1.29, 1.82) is 0 Å². The van der Waals surface area contributed by atoms with E-state index in [-0.39, 0.29) is 13.2 Å². The summed E-state index contributed by atoms with van der Waals surface area (Å²) in [5.41, 5.74) is 2.47. The van der Waals surface area contributed by atoms with Crippen molar-refractivity contribution in [1.82, 2.24) is 20.0 Å². The second-order valence-corrected chi connectivity index (χ2v) is 7.41. The highest BCUT2D eigenvalue weighted by Crippen LogP contribution is 2.60. The molecule has 3 aromatic rings. The molecule has 0 fully saturated rings. The van der Waals surface area contributed by atoms with Gasteiger partial charge in [0, 0.05) is 10.9 Å². The van der Waals surface area contributed by atoms with E-state index in [1.54, 1.807) is 19.9 Å². The highest BCUT2D eigenvalue weighted by Gasteiger charge is 2.37. The molecule has 8 nitrogen and oxygen atoms in total. The van der Waals surface area contributed by atoms with Gasteiger partial charge in [-0.05, 0) is 49.4 Å². The maximum absolute atomic E-state index is 12.9. The number of aliphatic hydroxyl groups is 1. The van der Waals surface area contributed by atoms with E-state index < -0.39 is 13.4 Å². The fourth-order valence-corrected chi connectivity index (χ4v) is 4.25. The van der Waals surface area contributed by atoms with Crippen molar-refractivity contribution in [2.75, 3.05) is 13.2 Å². The zero-order valence-corrected chi connectivity index (χ0v) is 14.6. The number of aliphatic hydroxyl groups excluding tert-OH is 1. The fraction of sp³-hybridized carbons (Fsp3) is 0.400. The van der Waals surface area contributed by atoms with Gasteiger partial charge in [-0.15, -0.1) is 5.10 Å². The van der Waals surface area contributed by atoms with Crippen LogP contribution in [0.15, 0.2) is 24.3 Å². The molecular weight excluding hydrogens is 331 g/mol. The molecule has 3 rings (SSSR count). The summed E-state index contributed by atoms with van der Waals surface area (Å²) >= 11 is 0. The van der Waals surface area contributed by atoms with Gasteiger partial charge in [-0.25, -0.2) is 0 Å². The van der Waals surface area contributed by atoms with Crippen LogP contribution >= 0.6 is 7.60 Å². The van der Waals surface area contributed by atoms with Gasteiger partial charge in [-0.1, -0.05) is 11.6 Å². The minimum atomic E-state index is -3.76. The van der Waals surface area contributed by atoms with E-state index in [2.05, 4.69) is 15.5 Å². The van der Waals surface area contributed by atoms with Gasteiger partial charge in [0.25, 0.3) is 0 Å². The Labute approximate surface area is 138 Å². The van der Waals surface area contributed by atoms with Crippen LogP contribution in [0.1, 0.15) is 30.8 Å². The summed E-state index contributed by atoms with van der Waals surface area (Å²) in [7, 11) is -3.76. The second-order valence-electron chi connectivity index (χ2n) is 5.33. The summed E-state index contributed by atoms with van der Waals surface area (Å²) in [6.07, 6.45) is 0. The molecule has 1 unspecified atom stereocenters.